The van der Waals surface area contributed by atoms with Crippen LogP contribution in [0.25, 0.3) is 0 Å². The summed E-state index contributed by atoms with van der Waals surface area (Å²) in [6.07, 6.45) is -64.7. The first-order valence-corrected chi connectivity index (χ1v) is 26.3. The Morgan fingerprint density at radius 2 is 0.695 bits per heavy atom. The fourth-order valence-corrected chi connectivity index (χ4v) is 10.7. The topological polar surface area (TPSA) is 563 Å². The van der Waals surface area contributed by atoms with Gasteiger partial charge in [-0.2, -0.15) is 0 Å². The summed E-state index contributed by atoms with van der Waals surface area (Å²) in [4.78, 5) is 25.9. The molecule has 2 amide bonds. The average molecular weight is 1200 g/mol. The van der Waals surface area contributed by atoms with Crippen molar-refractivity contribution in [3.63, 3.8) is 0 Å². The molecule has 0 bridgehead atoms. The zero-order chi connectivity index (χ0) is 60.5. The molecule has 0 saturated carbocycles. The normalized spacial score (nSPS) is 51.3. The van der Waals surface area contributed by atoms with Crippen LogP contribution in [-0.4, -0.2) is 357 Å². The Kier molecular flexibility index (Phi) is 23.5. The van der Waals surface area contributed by atoms with Gasteiger partial charge in [-0.3, -0.25) is 9.59 Å². The molecule has 0 aromatic heterocycles. The lowest BCUT2D eigenvalue weighted by Gasteiger charge is -2.53. The van der Waals surface area contributed by atoms with E-state index in [9.17, 15) is 107 Å². The van der Waals surface area contributed by atoms with Crippen molar-refractivity contribution < 1.29 is 168 Å². The molecular formula is C46H78N2O34. The van der Waals surface area contributed by atoms with Gasteiger partial charge in [-0.1, -0.05) is 0 Å². The van der Waals surface area contributed by atoms with E-state index < -0.39 is 260 Å². The van der Waals surface area contributed by atoms with E-state index in [1.165, 1.54) is 13.8 Å². The fraction of sp³-hybridized carbons (Fsp3) is 0.957. The minimum Gasteiger partial charge on any atom is -0.394 e. The number of carbonyl (C=O) groups excluding carboxylic acids is 2. The summed E-state index contributed by atoms with van der Waals surface area (Å²) < 4.78 is 77.5. The van der Waals surface area contributed by atoms with Crippen molar-refractivity contribution in [3.05, 3.63) is 0 Å². The van der Waals surface area contributed by atoms with Gasteiger partial charge in [0.1, 0.15) is 159 Å². The lowest BCUT2D eigenvalue weighted by atomic mass is 9.93. The molecule has 0 aromatic carbocycles. The standard InChI is InChI=1S/C46H78N2O34/c1-10-21(56)27(62)31(66)43(70-10)78-35-18(9-53)76-42(80-37-24(59)15(6-50)74-45(33(37)68)77-34-17(8-52)72-40(69)30(65)29(34)64)20(48-13(4)55)36(35)79-46-39(82-44-32(67)28(63)22(57)11(2)71-44)38(25(60)16(7-51)75-46)81-41-19(47-12(3)54)26(61)23(58)14(5-49)73-41/h10-11,14-46,49-53,56-69H,5-9H2,1-4H3,(H,47,54)(H,48,55)/t10-,11-,14+,15+,16+,17+,18+,19+,20+,21+,22+,23-,24-,25-,26+,27+,28+,29+,30+,31-,32-,33+,34+,35+,36+,37-,38-,39+,40-,41+,42-,43-,44-,45-,46-/m0/s1. The first-order chi connectivity index (χ1) is 38.7. The monoisotopic (exact) mass is 1200 g/mol. The number of nitrogens with one attached hydrogen (secondary N) is 2. The van der Waals surface area contributed by atoms with Gasteiger partial charge in [0.25, 0.3) is 0 Å². The Bertz CT molecular complexity index is 2030. The summed E-state index contributed by atoms with van der Waals surface area (Å²) in [6, 6.07) is -3.74. The molecule has 7 fully saturated rings. The van der Waals surface area contributed by atoms with E-state index >= 15 is 0 Å². The SMILES string of the molecule is CC(=O)N[C@H]1[C@@H](O[C@H]2[C@@H](O)[C@@H](CO)O[C@@H](O[C@@H]3[C@@H](NC(C)=O)[C@H](O[C@H]4[C@@H](O)[C@@H](CO)O[C@@H](O[C@H]5[C@H](O)[C@@H](O)[C@@H](O)O[C@@H]5CO)[C@@H]4O)O[C@H](CO)[C@H]3O[C@@H]3O[C@@H](C)[C@@H](O)[C@@H](O)[C@@H]3O)[C@@H]2O[C@@H]2O[C@@H](C)[C@@H](O)[C@@H](O)[C@@H]2O)O[C@H](CO)[C@H](O)[C@@H]1O. The Morgan fingerprint density at radius 1 is 0.317 bits per heavy atom. The second-order valence-electron chi connectivity index (χ2n) is 21.0. The van der Waals surface area contributed by atoms with Gasteiger partial charge in [-0.15, -0.1) is 0 Å². The number of carbonyl (C=O) groups is 2. The van der Waals surface area contributed by atoms with Gasteiger partial charge in [-0.25, -0.2) is 0 Å². The zero-order valence-corrected chi connectivity index (χ0v) is 44.4. The third-order valence-electron chi connectivity index (χ3n) is 15.3. The number of rotatable bonds is 19. The van der Waals surface area contributed by atoms with E-state index in [1.54, 1.807) is 0 Å². The number of amides is 2. The van der Waals surface area contributed by atoms with Crippen LogP contribution >= 0.6 is 0 Å². The van der Waals surface area contributed by atoms with E-state index in [0.717, 1.165) is 13.8 Å². The number of hydrogen-bond acceptors (Lipinski definition) is 34. The largest absolute Gasteiger partial charge is 0.394 e. The summed E-state index contributed by atoms with van der Waals surface area (Å²) in [5.41, 5.74) is 0. The quantitative estimate of drug-likeness (QED) is 0.0571. The Hall–Kier alpha value is -2.34. The number of aliphatic hydroxyl groups excluding tert-OH is 19. The lowest BCUT2D eigenvalue weighted by molar-refractivity contribution is -0.408. The Labute approximate surface area is 465 Å². The van der Waals surface area contributed by atoms with Crippen LogP contribution in [-0.2, 0) is 71.2 Å². The number of aliphatic hydroxyl groups is 19. The van der Waals surface area contributed by atoms with Crippen LogP contribution in [0.15, 0.2) is 0 Å². The van der Waals surface area contributed by atoms with Crippen LogP contribution in [0.4, 0.5) is 0 Å². The van der Waals surface area contributed by atoms with Crippen LogP contribution in [0.2, 0.25) is 0 Å². The van der Waals surface area contributed by atoms with Crippen molar-refractivity contribution in [1.29, 1.82) is 0 Å². The molecule has 82 heavy (non-hydrogen) atoms. The van der Waals surface area contributed by atoms with Crippen molar-refractivity contribution in [2.24, 2.45) is 0 Å². The van der Waals surface area contributed by atoms with Gasteiger partial charge >= 0.3 is 0 Å². The molecule has 476 valence electrons. The molecule has 0 unspecified atom stereocenters. The molecule has 7 aliphatic rings. The van der Waals surface area contributed by atoms with Crippen molar-refractivity contribution in [2.45, 2.75) is 243 Å². The summed E-state index contributed by atoms with van der Waals surface area (Å²) in [5, 5.41) is 212. The van der Waals surface area contributed by atoms with Crippen molar-refractivity contribution in [3.8, 4) is 0 Å². The highest BCUT2D eigenvalue weighted by Gasteiger charge is 2.60. The highest BCUT2D eigenvalue weighted by Crippen LogP contribution is 2.40. The molecule has 35 atom stereocenters. The van der Waals surface area contributed by atoms with Gasteiger partial charge in [0.05, 0.1) is 45.2 Å². The summed E-state index contributed by atoms with van der Waals surface area (Å²) in [7, 11) is 0. The van der Waals surface area contributed by atoms with Crippen molar-refractivity contribution >= 4 is 11.8 Å². The second-order valence-corrected chi connectivity index (χ2v) is 21.0. The zero-order valence-electron chi connectivity index (χ0n) is 44.4. The van der Waals surface area contributed by atoms with E-state index in [2.05, 4.69) is 10.6 Å². The van der Waals surface area contributed by atoms with Gasteiger partial charge in [0, 0.05) is 13.8 Å². The Balaban J connectivity index is 1.33. The molecule has 7 heterocycles. The van der Waals surface area contributed by atoms with E-state index in [4.69, 9.17) is 61.6 Å². The molecule has 0 spiro atoms. The van der Waals surface area contributed by atoms with Gasteiger partial charge < -0.3 is 169 Å². The van der Waals surface area contributed by atoms with Crippen LogP contribution in [0.3, 0.4) is 0 Å². The molecule has 0 aromatic rings. The van der Waals surface area contributed by atoms with Gasteiger partial charge in [0.2, 0.25) is 11.8 Å². The predicted molar refractivity (Wildman–Crippen MR) is 252 cm³/mol. The average Bonchev–Trinajstić information content (AvgIpc) is 3.47. The summed E-state index contributed by atoms with van der Waals surface area (Å²) in [6.45, 7) is -0.779. The molecule has 36 heteroatoms. The van der Waals surface area contributed by atoms with E-state index in [-0.39, 0.29) is 0 Å². The number of hydrogen-bond donors (Lipinski definition) is 21. The fourth-order valence-electron chi connectivity index (χ4n) is 10.7. The van der Waals surface area contributed by atoms with Crippen LogP contribution < -0.4 is 10.6 Å². The maximum absolute atomic E-state index is 13.4. The third-order valence-corrected chi connectivity index (χ3v) is 15.3. The second kappa shape index (κ2) is 28.7. The summed E-state index contributed by atoms with van der Waals surface area (Å²) >= 11 is 0. The first-order valence-electron chi connectivity index (χ1n) is 26.3. The maximum atomic E-state index is 13.4. The van der Waals surface area contributed by atoms with Crippen molar-refractivity contribution in [2.75, 3.05) is 33.0 Å². The van der Waals surface area contributed by atoms with E-state index in [1.807, 2.05) is 0 Å². The van der Waals surface area contributed by atoms with Gasteiger partial charge in [0.15, 0.2) is 44.0 Å². The molecule has 0 aliphatic carbocycles. The van der Waals surface area contributed by atoms with Crippen molar-refractivity contribution in [1.82, 2.24) is 10.6 Å². The minimum atomic E-state index is -2.30. The molecule has 7 rings (SSSR count). The van der Waals surface area contributed by atoms with Crippen LogP contribution in [0.1, 0.15) is 27.7 Å². The Morgan fingerprint density at radius 3 is 1.22 bits per heavy atom. The highest BCUT2D eigenvalue weighted by atomic mass is 16.8. The van der Waals surface area contributed by atoms with Crippen LogP contribution in [0.5, 0.6) is 0 Å². The molecule has 7 saturated heterocycles. The highest BCUT2D eigenvalue weighted by molar-refractivity contribution is 5.73. The first kappa shape index (κ1) is 67.2. The van der Waals surface area contributed by atoms with Gasteiger partial charge in [-0.05, 0) is 13.8 Å². The molecule has 21 N–H and O–H groups in total. The lowest BCUT2D eigenvalue weighted by Crippen LogP contribution is -2.72. The molecule has 0 radical (unpaired) electrons. The minimum absolute atomic E-state index is 0.830. The molecular weight excluding hydrogens is 1120 g/mol. The smallest absolute Gasteiger partial charge is 0.217 e. The number of ether oxygens (including phenoxy) is 13. The predicted octanol–water partition coefficient (Wildman–Crippen LogP) is -13.9. The maximum Gasteiger partial charge on any atom is 0.217 e. The summed E-state index contributed by atoms with van der Waals surface area (Å²) in [5.74, 6) is -1.80. The molecule has 7 aliphatic heterocycles. The van der Waals surface area contributed by atoms with Crippen LogP contribution in [0, 0.1) is 0 Å². The van der Waals surface area contributed by atoms with E-state index in [0.29, 0.717) is 0 Å². The molecule has 36 nitrogen and oxygen atoms in total. The third kappa shape index (κ3) is 14.1.